The molecular formula is C22H30O2. The molecule has 0 amide bonds. The Balaban J connectivity index is 1.71. The Kier molecular flexibility index (Phi) is 3.50. The molecule has 0 unspecified atom stereocenters. The van der Waals surface area contributed by atoms with Crippen molar-refractivity contribution in [2.45, 2.75) is 65.7 Å². The van der Waals surface area contributed by atoms with Gasteiger partial charge in [0.25, 0.3) is 0 Å². The standard InChI is InChI=1S/C22H30O2/c1-13-11-16(24)12-15-5-6-17-19-8-7-18(14(2)23)21(19,3)10-9-20(17)22(13,15)4/h12,17-20H,1,5-11H2,2-4H3/t17-,18+,19-,20-,21+,22+/m0/s1. The van der Waals surface area contributed by atoms with Crippen molar-refractivity contribution in [3.63, 3.8) is 0 Å². The molecule has 0 bridgehead atoms. The van der Waals surface area contributed by atoms with Gasteiger partial charge in [-0.2, -0.15) is 0 Å². The van der Waals surface area contributed by atoms with Crippen LogP contribution in [-0.4, -0.2) is 11.6 Å². The summed E-state index contributed by atoms with van der Waals surface area (Å²) in [7, 11) is 0. The molecule has 6 atom stereocenters. The van der Waals surface area contributed by atoms with Crippen LogP contribution in [0.1, 0.15) is 65.7 Å². The van der Waals surface area contributed by atoms with E-state index in [1.165, 1.54) is 24.8 Å². The number of carbonyl (C=O) groups excluding carboxylic acids is 2. The maximum Gasteiger partial charge on any atom is 0.159 e. The van der Waals surface area contributed by atoms with Crippen LogP contribution < -0.4 is 0 Å². The van der Waals surface area contributed by atoms with Crippen LogP contribution in [0.5, 0.6) is 0 Å². The van der Waals surface area contributed by atoms with Gasteiger partial charge in [0.2, 0.25) is 0 Å². The van der Waals surface area contributed by atoms with Gasteiger partial charge in [0.05, 0.1) is 0 Å². The Morgan fingerprint density at radius 3 is 2.62 bits per heavy atom. The van der Waals surface area contributed by atoms with E-state index in [4.69, 9.17) is 0 Å². The molecule has 0 aromatic heterocycles. The van der Waals surface area contributed by atoms with E-state index in [2.05, 4.69) is 20.4 Å². The molecule has 4 aliphatic rings. The summed E-state index contributed by atoms with van der Waals surface area (Å²) in [4.78, 5) is 24.2. The molecule has 0 aliphatic heterocycles. The van der Waals surface area contributed by atoms with Gasteiger partial charge in [-0.25, -0.2) is 0 Å². The van der Waals surface area contributed by atoms with Crippen LogP contribution >= 0.6 is 0 Å². The minimum absolute atomic E-state index is 0.0203. The summed E-state index contributed by atoms with van der Waals surface area (Å²) in [5.41, 5.74) is 2.71. The lowest BCUT2D eigenvalue weighted by atomic mass is 9.46. The van der Waals surface area contributed by atoms with Crippen molar-refractivity contribution in [1.82, 2.24) is 0 Å². The quantitative estimate of drug-likeness (QED) is 0.643. The van der Waals surface area contributed by atoms with Crippen LogP contribution in [0.15, 0.2) is 23.8 Å². The van der Waals surface area contributed by atoms with Crippen molar-refractivity contribution >= 4 is 11.6 Å². The van der Waals surface area contributed by atoms with E-state index in [0.29, 0.717) is 30.0 Å². The predicted octanol–water partition coefficient (Wildman–Crippen LogP) is 4.89. The highest BCUT2D eigenvalue weighted by Gasteiger charge is 2.60. The highest BCUT2D eigenvalue weighted by Crippen LogP contribution is 2.67. The van der Waals surface area contributed by atoms with Gasteiger partial charge < -0.3 is 0 Å². The molecule has 0 radical (unpaired) electrons. The number of hydrogen-bond acceptors (Lipinski definition) is 2. The lowest BCUT2D eigenvalue weighted by Gasteiger charge is -2.58. The summed E-state index contributed by atoms with van der Waals surface area (Å²) in [6, 6.07) is 0. The molecule has 24 heavy (non-hydrogen) atoms. The minimum Gasteiger partial charge on any atom is -0.300 e. The molecule has 0 aromatic rings. The van der Waals surface area contributed by atoms with Crippen molar-refractivity contribution in [1.29, 1.82) is 0 Å². The fraction of sp³-hybridized carbons (Fsp3) is 0.727. The first-order chi connectivity index (χ1) is 11.3. The molecule has 130 valence electrons. The summed E-state index contributed by atoms with van der Waals surface area (Å²) in [6.45, 7) is 10.9. The van der Waals surface area contributed by atoms with Crippen molar-refractivity contribution in [2.24, 2.45) is 34.5 Å². The molecule has 3 saturated carbocycles. The Hall–Kier alpha value is -1.18. The zero-order valence-corrected chi connectivity index (χ0v) is 15.4. The minimum atomic E-state index is 0.0203. The topological polar surface area (TPSA) is 34.1 Å². The van der Waals surface area contributed by atoms with Gasteiger partial charge in [-0.15, -0.1) is 0 Å². The maximum atomic E-state index is 12.2. The van der Waals surface area contributed by atoms with Gasteiger partial charge in [0.1, 0.15) is 5.78 Å². The van der Waals surface area contributed by atoms with Crippen molar-refractivity contribution in [3.8, 4) is 0 Å². The second-order valence-electron chi connectivity index (χ2n) is 9.32. The predicted molar refractivity (Wildman–Crippen MR) is 95.4 cm³/mol. The zero-order valence-electron chi connectivity index (χ0n) is 15.4. The summed E-state index contributed by atoms with van der Waals surface area (Å²) in [5, 5.41) is 0. The van der Waals surface area contributed by atoms with Crippen LogP contribution in [-0.2, 0) is 9.59 Å². The Bertz CT molecular complexity index is 657. The normalized spacial score (nSPS) is 47.5. The van der Waals surface area contributed by atoms with Crippen LogP contribution in [0.25, 0.3) is 0 Å². The lowest BCUT2D eigenvalue weighted by molar-refractivity contribution is -0.127. The van der Waals surface area contributed by atoms with E-state index < -0.39 is 0 Å². The van der Waals surface area contributed by atoms with Crippen molar-refractivity contribution in [3.05, 3.63) is 23.8 Å². The molecule has 0 heterocycles. The van der Waals surface area contributed by atoms with Gasteiger partial charge in [0, 0.05) is 17.8 Å². The number of hydrogen-bond donors (Lipinski definition) is 0. The molecule has 4 rings (SSSR count). The molecule has 0 spiro atoms. The highest BCUT2D eigenvalue weighted by atomic mass is 16.1. The molecule has 0 aromatic carbocycles. The van der Waals surface area contributed by atoms with Gasteiger partial charge >= 0.3 is 0 Å². The number of ketones is 2. The highest BCUT2D eigenvalue weighted by molar-refractivity contribution is 5.94. The molecule has 0 saturated heterocycles. The van der Waals surface area contributed by atoms with Gasteiger partial charge in [-0.3, -0.25) is 9.59 Å². The monoisotopic (exact) mass is 326 g/mol. The maximum absolute atomic E-state index is 12.2. The number of fused-ring (bicyclic) bond motifs is 5. The summed E-state index contributed by atoms with van der Waals surface area (Å²) < 4.78 is 0. The van der Waals surface area contributed by atoms with Crippen LogP contribution in [0, 0.1) is 34.5 Å². The van der Waals surface area contributed by atoms with Crippen LogP contribution in [0.4, 0.5) is 0 Å². The number of rotatable bonds is 1. The lowest BCUT2D eigenvalue weighted by Crippen LogP contribution is -2.51. The molecule has 3 fully saturated rings. The van der Waals surface area contributed by atoms with E-state index in [-0.39, 0.29) is 22.5 Å². The van der Waals surface area contributed by atoms with Gasteiger partial charge in [-0.05, 0) is 74.7 Å². The number of allylic oxidation sites excluding steroid dienone is 2. The van der Waals surface area contributed by atoms with Crippen molar-refractivity contribution in [2.75, 3.05) is 0 Å². The van der Waals surface area contributed by atoms with E-state index >= 15 is 0 Å². The molecule has 0 N–H and O–H groups in total. The second-order valence-corrected chi connectivity index (χ2v) is 9.32. The molecule has 2 heteroatoms. The Labute approximate surface area is 145 Å². The van der Waals surface area contributed by atoms with Gasteiger partial charge in [-0.1, -0.05) is 31.6 Å². The van der Waals surface area contributed by atoms with Crippen LogP contribution in [0.2, 0.25) is 0 Å². The average molecular weight is 326 g/mol. The largest absolute Gasteiger partial charge is 0.300 e. The third kappa shape index (κ3) is 1.95. The summed E-state index contributed by atoms with van der Waals surface area (Å²) in [6.07, 6.45) is 9.33. The second kappa shape index (κ2) is 5.16. The Morgan fingerprint density at radius 1 is 1.17 bits per heavy atom. The van der Waals surface area contributed by atoms with E-state index in [1.54, 1.807) is 6.92 Å². The fourth-order valence-corrected chi connectivity index (χ4v) is 7.25. The van der Waals surface area contributed by atoms with E-state index in [1.807, 2.05) is 6.08 Å². The summed E-state index contributed by atoms with van der Waals surface area (Å²) in [5.74, 6) is 2.89. The third-order valence-electron chi connectivity index (χ3n) is 8.54. The molecular weight excluding hydrogens is 296 g/mol. The first kappa shape index (κ1) is 16.3. The third-order valence-corrected chi connectivity index (χ3v) is 8.54. The first-order valence-corrected chi connectivity index (χ1v) is 9.71. The van der Waals surface area contributed by atoms with Gasteiger partial charge in [0.15, 0.2) is 5.78 Å². The zero-order chi connectivity index (χ0) is 17.3. The molecule has 2 nitrogen and oxygen atoms in total. The Morgan fingerprint density at radius 2 is 1.92 bits per heavy atom. The SMILES string of the molecule is C=C1CC(=O)C=C2CC[C@@H]3[C@H](CC[C@]4(C)[C@@H](C(C)=O)CC[C@@H]34)[C@]12C. The van der Waals surface area contributed by atoms with E-state index in [9.17, 15) is 9.59 Å². The first-order valence-electron chi connectivity index (χ1n) is 9.71. The number of Topliss-reactive ketones (excluding diaryl/α,β-unsaturated/α-hetero) is 1. The molecule has 4 aliphatic carbocycles. The van der Waals surface area contributed by atoms with E-state index in [0.717, 1.165) is 24.8 Å². The van der Waals surface area contributed by atoms with Crippen LogP contribution in [0.3, 0.4) is 0 Å². The fourth-order valence-electron chi connectivity index (χ4n) is 7.25. The summed E-state index contributed by atoms with van der Waals surface area (Å²) >= 11 is 0. The number of carbonyl (C=O) groups is 2. The smallest absolute Gasteiger partial charge is 0.159 e. The average Bonchev–Trinajstić information content (AvgIpc) is 2.86. The van der Waals surface area contributed by atoms with Crippen molar-refractivity contribution < 1.29 is 9.59 Å².